The van der Waals surface area contributed by atoms with Crippen LogP contribution in [0.5, 0.6) is 5.75 Å². The van der Waals surface area contributed by atoms with E-state index in [2.05, 4.69) is 48.6 Å². The molecule has 0 aliphatic carbocycles. The fourth-order valence-electron chi connectivity index (χ4n) is 3.67. The van der Waals surface area contributed by atoms with Crippen molar-refractivity contribution in [2.75, 3.05) is 6.54 Å². The summed E-state index contributed by atoms with van der Waals surface area (Å²) in [5.41, 5.74) is 2.13. The lowest BCUT2D eigenvalue weighted by Gasteiger charge is -2.16. The van der Waals surface area contributed by atoms with Crippen LogP contribution in [0.4, 0.5) is 0 Å². The Hall–Kier alpha value is -1.74. The molecule has 0 amide bonds. The summed E-state index contributed by atoms with van der Waals surface area (Å²) in [6, 6.07) is 18.2. The van der Waals surface area contributed by atoms with Crippen molar-refractivity contribution >= 4 is 34.0 Å². The average molecular weight is 444 g/mol. The molecule has 30 heavy (non-hydrogen) atoms. The van der Waals surface area contributed by atoms with Crippen LogP contribution in [-0.2, 0) is 13.2 Å². The van der Waals surface area contributed by atoms with Gasteiger partial charge in [-0.3, -0.25) is 0 Å². The first-order chi connectivity index (χ1) is 14.7. The van der Waals surface area contributed by atoms with Crippen molar-refractivity contribution in [3.8, 4) is 5.75 Å². The Balaban J connectivity index is 1.65. The second-order valence-electron chi connectivity index (χ2n) is 7.73. The van der Waals surface area contributed by atoms with Gasteiger partial charge in [0.05, 0.1) is 0 Å². The van der Waals surface area contributed by atoms with E-state index < -0.39 is 0 Å². The summed E-state index contributed by atoms with van der Waals surface area (Å²) in [6.07, 6.45) is 7.84. The number of nitrogens with one attached hydrogen (secondary N) is 1. The van der Waals surface area contributed by atoms with Crippen LogP contribution in [0, 0.1) is 0 Å². The van der Waals surface area contributed by atoms with Gasteiger partial charge in [-0.25, -0.2) is 0 Å². The lowest BCUT2D eigenvalue weighted by molar-refractivity contribution is 0.303. The molecule has 0 bridgehead atoms. The van der Waals surface area contributed by atoms with Crippen molar-refractivity contribution in [3.05, 3.63) is 75.8 Å². The third kappa shape index (κ3) is 6.63. The molecule has 0 aromatic heterocycles. The van der Waals surface area contributed by atoms with Crippen molar-refractivity contribution in [3.63, 3.8) is 0 Å². The Labute approximate surface area is 190 Å². The van der Waals surface area contributed by atoms with Crippen LogP contribution >= 0.6 is 23.2 Å². The molecule has 0 unspecified atom stereocenters. The minimum Gasteiger partial charge on any atom is -0.488 e. The molecule has 0 atom stereocenters. The zero-order valence-electron chi connectivity index (χ0n) is 17.7. The van der Waals surface area contributed by atoms with Crippen molar-refractivity contribution in [2.45, 2.75) is 58.6 Å². The predicted molar refractivity (Wildman–Crippen MR) is 130 cm³/mol. The number of unbranched alkanes of at least 4 members (excludes halogenated alkanes) is 5. The van der Waals surface area contributed by atoms with Crippen LogP contribution in [-0.4, -0.2) is 6.54 Å². The molecule has 0 radical (unpaired) electrons. The summed E-state index contributed by atoms with van der Waals surface area (Å²) in [5, 5.41) is 7.34. The summed E-state index contributed by atoms with van der Waals surface area (Å²) in [7, 11) is 0. The predicted octanol–water partition coefficient (Wildman–Crippen LogP) is 8.18. The van der Waals surface area contributed by atoms with Gasteiger partial charge in [-0.15, -0.1) is 0 Å². The number of rotatable bonds is 12. The maximum atomic E-state index is 6.32. The van der Waals surface area contributed by atoms with Gasteiger partial charge in [0.15, 0.2) is 0 Å². The molecule has 0 saturated heterocycles. The van der Waals surface area contributed by atoms with E-state index in [9.17, 15) is 0 Å². The molecule has 3 aromatic carbocycles. The fourth-order valence-corrected chi connectivity index (χ4v) is 4.13. The van der Waals surface area contributed by atoms with Gasteiger partial charge in [-0.2, -0.15) is 0 Å². The van der Waals surface area contributed by atoms with Crippen LogP contribution in [0.15, 0.2) is 54.6 Å². The quantitative estimate of drug-likeness (QED) is 0.285. The SMILES string of the molecule is CCCCCCCCNCc1c(OCc2ccc(Cl)cc2Cl)ccc2ccccc12. The van der Waals surface area contributed by atoms with E-state index in [1.165, 1.54) is 54.9 Å². The first-order valence-electron chi connectivity index (χ1n) is 11.0. The van der Waals surface area contributed by atoms with Crippen LogP contribution in [0.25, 0.3) is 10.8 Å². The Morgan fingerprint density at radius 3 is 2.50 bits per heavy atom. The summed E-state index contributed by atoms with van der Waals surface area (Å²) < 4.78 is 6.21. The minimum absolute atomic E-state index is 0.415. The second kappa shape index (κ2) is 12.2. The smallest absolute Gasteiger partial charge is 0.124 e. The highest BCUT2D eigenvalue weighted by Crippen LogP contribution is 2.30. The van der Waals surface area contributed by atoms with E-state index in [0.29, 0.717) is 16.7 Å². The van der Waals surface area contributed by atoms with Gasteiger partial charge in [0.2, 0.25) is 0 Å². The molecule has 0 aliphatic rings. The zero-order valence-corrected chi connectivity index (χ0v) is 19.2. The Bertz CT molecular complexity index is 941. The van der Waals surface area contributed by atoms with Crippen molar-refractivity contribution in [2.24, 2.45) is 0 Å². The van der Waals surface area contributed by atoms with E-state index in [0.717, 1.165) is 24.4 Å². The fraction of sp³-hybridized carbons (Fsp3) is 0.385. The van der Waals surface area contributed by atoms with E-state index in [-0.39, 0.29) is 0 Å². The number of benzene rings is 3. The molecular weight excluding hydrogens is 413 g/mol. The molecule has 4 heteroatoms. The normalized spacial score (nSPS) is 11.2. The lowest BCUT2D eigenvalue weighted by atomic mass is 10.0. The highest BCUT2D eigenvalue weighted by atomic mass is 35.5. The lowest BCUT2D eigenvalue weighted by Crippen LogP contribution is -2.16. The molecule has 3 aromatic rings. The molecule has 2 nitrogen and oxygen atoms in total. The van der Waals surface area contributed by atoms with Gasteiger partial charge in [0.25, 0.3) is 0 Å². The van der Waals surface area contributed by atoms with E-state index in [1.807, 2.05) is 12.1 Å². The number of hydrogen-bond acceptors (Lipinski definition) is 2. The maximum Gasteiger partial charge on any atom is 0.124 e. The van der Waals surface area contributed by atoms with Crippen molar-refractivity contribution < 1.29 is 4.74 Å². The van der Waals surface area contributed by atoms with Crippen LogP contribution in [0.1, 0.15) is 56.6 Å². The molecule has 0 aliphatic heterocycles. The Morgan fingerprint density at radius 1 is 0.867 bits per heavy atom. The van der Waals surface area contributed by atoms with Gasteiger partial charge in [-0.1, -0.05) is 98.6 Å². The van der Waals surface area contributed by atoms with Crippen LogP contribution in [0.2, 0.25) is 10.0 Å². The van der Waals surface area contributed by atoms with Gasteiger partial charge >= 0.3 is 0 Å². The van der Waals surface area contributed by atoms with Gasteiger partial charge < -0.3 is 10.1 Å². The van der Waals surface area contributed by atoms with Crippen molar-refractivity contribution in [1.82, 2.24) is 5.32 Å². The number of ether oxygens (including phenoxy) is 1. The number of fused-ring (bicyclic) bond motifs is 1. The molecular formula is C26H31Cl2NO. The minimum atomic E-state index is 0.415. The molecule has 3 rings (SSSR count). The van der Waals surface area contributed by atoms with Gasteiger partial charge in [0, 0.05) is 27.7 Å². The number of halogens is 2. The second-order valence-corrected chi connectivity index (χ2v) is 8.58. The van der Waals surface area contributed by atoms with E-state index in [1.54, 1.807) is 6.07 Å². The summed E-state index contributed by atoms with van der Waals surface area (Å²) >= 11 is 12.3. The third-order valence-corrected chi connectivity index (χ3v) is 5.99. The largest absolute Gasteiger partial charge is 0.488 e. The van der Waals surface area contributed by atoms with Crippen LogP contribution in [0.3, 0.4) is 0 Å². The molecule has 0 spiro atoms. The van der Waals surface area contributed by atoms with Crippen molar-refractivity contribution in [1.29, 1.82) is 0 Å². The highest BCUT2D eigenvalue weighted by Gasteiger charge is 2.10. The first-order valence-corrected chi connectivity index (χ1v) is 11.7. The topological polar surface area (TPSA) is 21.3 Å². The monoisotopic (exact) mass is 443 g/mol. The molecule has 160 valence electrons. The van der Waals surface area contributed by atoms with Gasteiger partial charge in [-0.05, 0) is 41.9 Å². The van der Waals surface area contributed by atoms with Crippen LogP contribution < -0.4 is 10.1 Å². The average Bonchev–Trinajstić information content (AvgIpc) is 2.75. The summed E-state index contributed by atoms with van der Waals surface area (Å²) in [4.78, 5) is 0. The first kappa shape index (κ1) is 22.9. The van der Waals surface area contributed by atoms with Gasteiger partial charge in [0.1, 0.15) is 12.4 Å². The Kier molecular flexibility index (Phi) is 9.32. The summed E-state index contributed by atoms with van der Waals surface area (Å²) in [6.45, 7) is 4.49. The number of hydrogen-bond donors (Lipinski definition) is 1. The highest BCUT2D eigenvalue weighted by molar-refractivity contribution is 6.35. The zero-order chi connectivity index (χ0) is 21.2. The standard InChI is InChI=1S/C26H31Cl2NO/c1-2-3-4-5-6-9-16-29-18-24-23-11-8-7-10-20(23)13-15-26(24)30-19-21-12-14-22(27)17-25(21)28/h7-8,10-15,17,29H,2-6,9,16,18-19H2,1H3. The maximum absolute atomic E-state index is 6.32. The van der Waals surface area contributed by atoms with E-state index in [4.69, 9.17) is 27.9 Å². The molecule has 0 saturated carbocycles. The third-order valence-electron chi connectivity index (χ3n) is 5.40. The molecule has 0 heterocycles. The summed E-state index contributed by atoms with van der Waals surface area (Å²) in [5.74, 6) is 0.898. The Morgan fingerprint density at radius 2 is 1.67 bits per heavy atom. The van der Waals surface area contributed by atoms with E-state index >= 15 is 0 Å². The molecule has 1 N–H and O–H groups in total. The molecule has 0 fully saturated rings.